The van der Waals surface area contributed by atoms with E-state index in [0.29, 0.717) is 6.54 Å². The molecule has 0 aliphatic heterocycles. The second kappa shape index (κ2) is 3.77. The number of carboxylic acids is 1. The van der Waals surface area contributed by atoms with Gasteiger partial charge in [0.15, 0.2) is 6.10 Å². The van der Waals surface area contributed by atoms with Gasteiger partial charge < -0.3 is 10.2 Å². The molecule has 2 N–H and O–H groups in total. The third-order valence-corrected chi connectivity index (χ3v) is 1.31. The second-order valence-electron chi connectivity index (χ2n) is 2.22. The van der Waals surface area contributed by atoms with E-state index in [9.17, 15) is 4.79 Å². The van der Waals surface area contributed by atoms with Gasteiger partial charge in [-0.05, 0) is 10.4 Å². The Hall–Kier alpha value is -1.50. The van der Waals surface area contributed by atoms with Crippen molar-refractivity contribution in [3.05, 3.63) is 6.33 Å². The average Bonchev–Trinajstić information content (AvgIpc) is 2.51. The number of carboxylic acid groups (broad SMARTS) is 1. The molecular weight excluding hydrogens is 164 g/mol. The maximum Gasteiger partial charge on any atom is 0.332 e. The highest BCUT2D eigenvalue weighted by Gasteiger charge is 2.12. The first-order valence-corrected chi connectivity index (χ1v) is 3.32. The number of hydrogen-bond donors (Lipinski definition) is 2. The average molecular weight is 172 g/mol. The molecule has 7 nitrogen and oxygen atoms in total. The summed E-state index contributed by atoms with van der Waals surface area (Å²) in [5.41, 5.74) is 0. The molecule has 0 saturated carbocycles. The van der Waals surface area contributed by atoms with Gasteiger partial charge in [-0.25, -0.2) is 9.48 Å². The van der Waals surface area contributed by atoms with E-state index in [1.807, 2.05) is 0 Å². The van der Waals surface area contributed by atoms with Crippen molar-refractivity contribution in [2.75, 3.05) is 0 Å². The lowest BCUT2D eigenvalue weighted by Crippen LogP contribution is -2.21. The van der Waals surface area contributed by atoms with E-state index < -0.39 is 12.1 Å². The highest BCUT2D eigenvalue weighted by Crippen LogP contribution is 1.93. The number of aryl methyl sites for hydroxylation is 1. The Morgan fingerprint density at radius 1 is 1.67 bits per heavy atom. The SMILES string of the molecule is O=C(O)C(O)CCn1cnnn1. The third kappa shape index (κ3) is 2.27. The minimum absolute atomic E-state index is 0.0976. The minimum Gasteiger partial charge on any atom is -0.479 e. The van der Waals surface area contributed by atoms with Gasteiger partial charge >= 0.3 is 5.97 Å². The van der Waals surface area contributed by atoms with Crippen LogP contribution >= 0.6 is 0 Å². The van der Waals surface area contributed by atoms with Crippen molar-refractivity contribution in [1.29, 1.82) is 0 Å². The van der Waals surface area contributed by atoms with Crippen molar-refractivity contribution in [2.24, 2.45) is 0 Å². The summed E-state index contributed by atoms with van der Waals surface area (Å²) in [5.74, 6) is -1.23. The number of aromatic nitrogens is 4. The molecule has 1 aromatic rings. The third-order valence-electron chi connectivity index (χ3n) is 1.31. The molecule has 7 heteroatoms. The van der Waals surface area contributed by atoms with Gasteiger partial charge in [-0.1, -0.05) is 0 Å². The summed E-state index contributed by atoms with van der Waals surface area (Å²) >= 11 is 0. The molecule has 1 rings (SSSR count). The van der Waals surface area contributed by atoms with Gasteiger partial charge in [0.1, 0.15) is 6.33 Å². The van der Waals surface area contributed by atoms with E-state index in [4.69, 9.17) is 10.2 Å². The maximum atomic E-state index is 10.1. The van der Waals surface area contributed by atoms with E-state index in [1.54, 1.807) is 0 Å². The summed E-state index contributed by atoms with van der Waals surface area (Å²) < 4.78 is 1.35. The summed E-state index contributed by atoms with van der Waals surface area (Å²) in [6.45, 7) is 0.292. The van der Waals surface area contributed by atoms with Crippen LogP contribution in [0.4, 0.5) is 0 Å². The predicted molar refractivity (Wildman–Crippen MR) is 36.1 cm³/mol. The fourth-order valence-corrected chi connectivity index (χ4v) is 0.661. The topological polar surface area (TPSA) is 101 Å². The van der Waals surface area contributed by atoms with Crippen molar-refractivity contribution in [1.82, 2.24) is 20.2 Å². The van der Waals surface area contributed by atoms with Crippen LogP contribution in [0.3, 0.4) is 0 Å². The molecule has 0 aromatic carbocycles. The summed E-state index contributed by atoms with van der Waals surface area (Å²) in [6.07, 6.45) is 0.101. The lowest BCUT2D eigenvalue weighted by atomic mass is 10.2. The summed E-state index contributed by atoms with van der Waals surface area (Å²) in [5, 5.41) is 27.3. The molecule has 1 aromatic heterocycles. The van der Waals surface area contributed by atoms with Crippen LogP contribution in [-0.2, 0) is 11.3 Å². The van der Waals surface area contributed by atoms with Gasteiger partial charge in [-0.15, -0.1) is 5.10 Å². The van der Waals surface area contributed by atoms with Crippen LogP contribution in [0.15, 0.2) is 6.33 Å². The first kappa shape index (κ1) is 8.60. The summed E-state index contributed by atoms with van der Waals surface area (Å²) in [7, 11) is 0. The standard InChI is InChI=1S/C5H8N4O3/c10-4(5(11)12)1-2-9-3-6-7-8-9/h3-4,10H,1-2H2,(H,11,12). The van der Waals surface area contributed by atoms with Crippen LogP contribution in [0.5, 0.6) is 0 Å². The van der Waals surface area contributed by atoms with Crippen molar-refractivity contribution < 1.29 is 15.0 Å². The van der Waals surface area contributed by atoms with Crippen LogP contribution in [0.1, 0.15) is 6.42 Å². The van der Waals surface area contributed by atoms with E-state index >= 15 is 0 Å². The number of nitrogens with zero attached hydrogens (tertiary/aromatic N) is 4. The minimum atomic E-state index is -1.35. The van der Waals surface area contributed by atoms with Crippen molar-refractivity contribution in [3.63, 3.8) is 0 Å². The molecule has 12 heavy (non-hydrogen) atoms. The lowest BCUT2D eigenvalue weighted by molar-refractivity contribution is -0.147. The van der Waals surface area contributed by atoms with Crippen LogP contribution in [0, 0.1) is 0 Å². The van der Waals surface area contributed by atoms with E-state index in [0.717, 1.165) is 0 Å². The smallest absolute Gasteiger partial charge is 0.332 e. The normalized spacial score (nSPS) is 12.8. The molecule has 0 saturated heterocycles. The Balaban J connectivity index is 2.31. The molecule has 66 valence electrons. The molecule has 1 heterocycles. The highest BCUT2D eigenvalue weighted by molar-refractivity contribution is 5.71. The van der Waals surface area contributed by atoms with Crippen LogP contribution in [0.25, 0.3) is 0 Å². The Bertz CT molecular complexity index is 247. The molecule has 1 atom stereocenters. The molecule has 0 radical (unpaired) electrons. The van der Waals surface area contributed by atoms with Crippen molar-refractivity contribution >= 4 is 5.97 Å². The lowest BCUT2D eigenvalue weighted by Gasteiger charge is -2.02. The predicted octanol–water partition coefficient (Wildman–Crippen LogP) is -1.49. The largest absolute Gasteiger partial charge is 0.479 e. The molecular formula is C5H8N4O3. The molecule has 0 bridgehead atoms. The zero-order chi connectivity index (χ0) is 8.97. The maximum absolute atomic E-state index is 10.1. The molecule has 1 unspecified atom stereocenters. The Morgan fingerprint density at radius 3 is 2.92 bits per heavy atom. The Kier molecular flexibility index (Phi) is 2.70. The van der Waals surface area contributed by atoms with E-state index in [2.05, 4.69) is 15.5 Å². The fraction of sp³-hybridized carbons (Fsp3) is 0.600. The number of aliphatic hydroxyl groups excluding tert-OH is 1. The Labute approximate surface area is 67.6 Å². The second-order valence-corrected chi connectivity index (χ2v) is 2.22. The number of tetrazole rings is 1. The number of aliphatic hydroxyl groups is 1. The van der Waals surface area contributed by atoms with Gasteiger partial charge in [0, 0.05) is 13.0 Å². The molecule has 0 aliphatic rings. The monoisotopic (exact) mass is 172 g/mol. The van der Waals surface area contributed by atoms with Gasteiger partial charge in [0.25, 0.3) is 0 Å². The number of rotatable bonds is 4. The quantitative estimate of drug-likeness (QED) is 0.573. The Morgan fingerprint density at radius 2 is 2.42 bits per heavy atom. The van der Waals surface area contributed by atoms with Gasteiger partial charge in [0.2, 0.25) is 0 Å². The number of carbonyl (C=O) groups is 1. The summed E-state index contributed by atoms with van der Waals surface area (Å²) in [6, 6.07) is 0. The van der Waals surface area contributed by atoms with E-state index in [1.165, 1.54) is 11.0 Å². The van der Waals surface area contributed by atoms with Crippen LogP contribution in [0.2, 0.25) is 0 Å². The van der Waals surface area contributed by atoms with Gasteiger partial charge in [-0.3, -0.25) is 0 Å². The fourth-order valence-electron chi connectivity index (χ4n) is 0.661. The first-order valence-electron chi connectivity index (χ1n) is 3.32. The molecule has 0 amide bonds. The number of hydrogen-bond acceptors (Lipinski definition) is 5. The van der Waals surface area contributed by atoms with Gasteiger partial charge in [-0.2, -0.15) is 0 Å². The number of aliphatic carboxylic acids is 1. The van der Waals surface area contributed by atoms with Crippen molar-refractivity contribution in [3.8, 4) is 0 Å². The summed E-state index contributed by atoms with van der Waals surface area (Å²) in [4.78, 5) is 10.1. The molecule has 0 spiro atoms. The van der Waals surface area contributed by atoms with Crippen LogP contribution in [-0.4, -0.2) is 42.5 Å². The highest BCUT2D eigenvalue weighted by atomic mass is 16.4. The zero-order valence-corrected chi connectivity index (χ0v) is 6.16. The van der Waals surface area contributed by atoms with Gasteiger partial charge in [0.05, 0.1) is 0 Å². The molecule has 0 aliphatic carbocycles. The first-order chi connectivity index (χ1) is 5.70. The van der Waals surface area contributed by atoms with Crippen LogP contribution < -0.4 is 0 Å². The van der Waals surface area contributed by atoms with Crippen molar-refractivity contribution in [2.45, 2.75) is 19.1 Å². The van der Waals surface area contributed by atoms with E-state index in [-0.39, 0.29) is 6.42 Å². The molecule has 0 fully saturated rings. The zero-order valence-electron chi connectivity index (χ0n) is 6.16.